The molecule has 1 aromatic carbocycles. The maximum Gasteiger partial charge on any atom is 0.261 e. The molecule has 1 N–H and O–H groups in total. The maximum atomic E-state index is 11.7. The molecule has 100 valence electrons. The molecule has 19 heavy (non-hydrogen) atoms. The Bertz CT molecular complexity index is 551. The van der Waals surface area contributed by atoms with Crippen LogP contribution in [0.4, 0.5) is 0 Å². The van der Waals surface area contributed by atoms with Gasteiger partial charge in [-0.15, -0.1) is 11.3 Å². The highest BCUT2D eigenvalue weighted by Gasteiger charge is 2.07. The lowest BCUT2D eigenvalue weighted by Gasteiger charge is -2.07. The summed E-state index contributed by atoms with van der Waals surface area (Å²) >= 11 is 4.75. The molecule has 0 aliphatic rings. The van der Waals surface area contributed by atoms with Crippen molar-refractivity contribution in [2.45, 2.75) is 6.92 Å². The lowest BCUT2D eigenvalue weighted by molar-refractivity contribution is 0.0951. The number of hydrogen-bond acceptors (Lipinski definition) is 3. The summed E-state index contributed by atoms with van der Waals surface area (Å²) in [6, 6.07) is 11.5. The van der Waals surface area contributed by atoms with Crippen LogP contribution in [-0.4, -0.2) is 19.1 Å². The first-order valence-corrected chi connectivity index (χ1v) is 7.49. The summed E-state index contributed by atoms with van der Waals surface area (Å²) in [5.41, 5.74) is 1.20. The molecule has 2 rings (SSSR count). The molecule has 0 radical (unpaired) electrons. The summed E-state index contributed by atoms with van der Waals surface area (Å²) in [4.78, 5) is 12.4. The van der Waals surface area contributed by atoms with Crippen LogP contribution < -0.4 is 10.1 Å². The summed E-state index contributed by atoms with van der Waals surface area (Å²) in [7, 11) is 0. The Morgan fingerprint density at radius 2 is 2.00 bits per heavy atom. The van der Waals surface area contributed by atoms with Crippen LogP contribution in [0, 0.1) is 6.92 Å². The Labute approximate surface area is 124 Å². The Morgan fingerprint density at radius 3 is 2.63 bits per heavy atom. The van der Waals surface area contributed by atoms with Crippen molar-refractivity contribution in [3.8, 4) is 5.75 Å². The highest BCUT2D eigenvalue weighted by Crippen LogP contribution is 2.21. The van der Waals surface area contributed by atoms with Gasteiger partial charge in [-0.1, -0.05) is 17.7 Å². The Kier molecular flexibility index (Phi) is 4.99. The van der Waals surface area contributed by atoms with Gasteiger partial charge in [0.25, 0.3) is 5.91 Å². The molecule has 0 aliphatic heterocycles. The molecule has 0 aliphatic carbocycles. The van der Waals surface area contributed by atoms with Gasteiger partial charge in [-0.2, -0.15) is 0 Å². The Hall–Kier alpha value is -1.33. The van der Waals surface area contributed by atoms with Gasteiger partial charge in [0.05, 0.1) is 15.2 Å². The molecule has 1 aromatic heterocycles. The highest BCUT2D eigenvalue weighted by molar-refractivity contribution is 9.11. The van der Waals surface area contributed by atoms with E-state index in [1.807, 2.05) is 37.3 Å². The van der Waals surface area contributed by atoms with Gasteiger partial charge in [-0.3, -0.25) is 4.79 Å². The number of amides is 1. The first-order chi connectivity index (χ1) is 9.15. The van der Waals surface area contributed by atoms with Crippen LogP contribution in [-0.2, 0) is 0 Å². The fourth-order valence-electron chi connectivity index (χ4n) is 1.49. The third-order valence-electron chi connectivity index (χ3n) is 2.47. The van der Waals surface area contributed by atoms with E-state index in [4.69, 9.17) is 4.74 Å². The minimum Gasteiger partial charge on any atom is -0.492 e. The second-order valence-corrected chi connectivity index (χ2v) is 6.48. The van der Waals surface area contributed by atoms with Crippen molar-refractivity contribution in [2.75, 3.05) is 13.2 Å². The summed E-state index contributed by atoms with van der Waals surface area (Å²) in [5.74, 6) is 0.752. The van der Waals surface area contributed by atoms with E-state index >= 15 is 0 Å². The number of benzene rings is 1. The molecule has 0 saturated carbocycles. The zero-order valence-corrected chi connectivity index (χ0v) is 12.9. The number of rotatable bonds is 5. The van der Waals surface area contributed by atoms with Gasteiger partial charge in [0.1, 0.15) is 12.4 Å². The molecule has 0 atom stereocenters. The van der Waals surface area contributed by atoms with Crippen molar-refractivity contribution in [3.63, 3.8) is 0 Å². The number of carbonyl (C=O) groups excluding carboxylic acids is 1. The zero-order chi connectivity index (χ0) is 13.7. The lowest BCUT2D eigenvalue weighted by Crippen LogP contribution is -2.27. The van der Waals surface area contributed by atoms with Gasteiger partial charge < -0.3 is 10.1 Å². The number of nitrogens with one attached hydrogen (secondary N) is 1. The monoisotopic (exact) mass is 339 g/mol. The summed E-state index contributed by atoms with van der Waals surface area (Å²) < 4.78 is 6.48. The van der Waals surface area contributed by atoms with Gasteiger partial charge in [0.2, 0.25) is 0 Å². The smallest absolute Gasteiger partial charge is 0.261 e. The van der Waals surface area contributed by atoms with E-state index in [0.29, 0.717) is 18.0 Å². The van der Waals surface area contributed by atoms with E-state index < -0.39 is 0 Å². The van der Waals surface area contributed by atoms with Crippen LogP contribution in [0.25, 0.3) is 0 Å². The minimum absolute atomic E-state index is 0.0665. The zero-order valence-electron chi connectivity index (χ0n) is 10.5. The van der Waals surface area contributed by atoms with Crippen molar-refractivity contribution in [1.29, 1.82) is 0 Å². The van der Waals surface area contributed by atoms with Crippen molar-refractivity contribution >= 4 is 33.2 Å². The quantitative estimate of drug-likeness (QED) is 0.844. The van der Waals surface area contributed by atoms with Crippen molar-refractivity contribution in [2.24, 2.45) is 0 Å². The van der Waals surface area contributed by atoms with E-state index in [2.05, 4.69) is 21.2 Å². The largest absolute Gasteiger partial charge is 0.492 e. The fraction of sp³-hybridized carbons (Fsp3) is 0.214. The van der Waals surface area contributed by atoms with Gasteiger partial charge in [0, 0.05) is 0 Å². The molecule has 1 heterocycles. The summed E-state index contributed by atoms with van der Waals surface area (Å²) in [6.07, 6.45) is 0. The topological polar surface area (TPSA) is 38.3 Å². The van der Waals surface area contributed by atoms with E-state index in [-0.39, 0.29) is 5.91 Å². The average Bonchev–Trinajstić information content (AvgIpc) is 2.83. The molecular formula is C14H14BrNO2S. The van der Waals surface area contributed by atoms with E-state index in [9.17, 15) is 4.79 Å². The normalized spacial score (nSPS) is 10.2. The highest BCUT2D eigenvalue weighted by atomic mass is 79.9. The van der Waals surface area contributed by atoms with Crippen LogP contribution in [0.3, 0.4) is 0 Å². The predicted octanol–water partition coefficient (Wildman–Crippen LogP) is 3.63. The van der Waals surface area contributed by atoms with Crippen LogP contribution in [0.2, 0.25) is 0 Å². The van der Waals surface area contributed by atoms with Crippen molar-refractivity contribution in [1.82, 2.24) is 5.32 Å². The van der Waals surface area contributed by atoms with Gasteiger partial charge in [-0.05, 0) is 47.1 Å². The Balaban J connectivity index is 1.72. The van der Waals surface area contributed by atoms with Crippen molar-refractivity contribution in [3.05, 3.63) is 50.6 Å². The third-order valence-corrected chi connectivity index (χ3v) is 4.10. The third kappa shape index (κ3) is 4.36. The number of aryl methyl sites for hydroxylation is 1. The second-order valence-electron chi connectivity index (χ2n) is 4.02. The minimum atomic E-state index is -0.0665. The molecule has 0 unspecified atom stereocenters. The molecule has 3 nitrogen and oxygen atoms in total. The van der Waals surface area contributed by atoms with Crippen LogP contribution in [0.1, 0.15) is 15.2 Å². The summed E-state index contributed by atoms with van der Waals surface area (Å²) in [5, 5.41) is 2.82. The molecule has 0 spiro atoms. The summed E-state index contributed by atoms with van der Waals surface area (Å²) in [6.45, 7) is 2.98. The standard InChI is InChI=1S/C14H14BrNO2S/c1-10-2-4-11(5-3-10)18-9-8-16-14(17)12-6-7-13(15)19-12/h2-7H,8-9H2,1H3,(H,16,17). The number of thiophene rings is 1. The molecule has 5 heteroatoms. The van der Waals surface area contributed by atoms with Crippen LogP contribution in [0.5, 0.6) is 5.75 Å². The molecule has 2 aromatic rings. The lowest BCUT2D eigenvalue weighted by atomic mass is 10.2. The van der Waals surface area contributed by atoms with E-state index in [1.165, 1.54) is 16.9 Å². The van der Waals surface area contributed by atoms with Gasteiger partial charge >= 0.3 is 0 Å². The fourth-order valence-corrected chi connectivity index (χ4v) is 2.79. The maximum absolute atomic E-state index is 11.7. The van der Waals surface area contributed by atoms with Gasteiger partial charge in [0.15, 0.2) is 0 Å². The molecule has 0 fully saturated rings. The number of ether oxygens (including phenoxy) is 1. The second kappa shape index (κ2) is 6.73. The predicted molar refractivity (Wildman–Crippen MR) is 81.0 cm³/mol. The van der Waals surface area contributed by atoms with Crippen molar-refractivity contribution < 1.29 is 9.53 Å². The van der Waals surface area contributed by atoms with Gasteiger partial charge in [-0.25, -0.2) is 0 Å². The molecule has 1 amide bonds. The first kappa shape index (κ1) is 14.1. The van der Waals surface area contributed by atoms with E-state index in [1.54, 1.807) is 6.07 Å². The molecule has 0 saturated heterocycles. The number of hydrogen-bond donors (Lipinski definition) is 1. The Morgan fingerprint density at radius 1 is 1.26 bits per heavy atom. The SMILES string of the molecule is Cc1ccc(OCCNC(=O)c2ccc(Br)s2)cc1. The van der Waals surface area contributed by atoms with E-state index in [0.717, 1.165) is 9.54 Å². The van der Waals surface area contributed by atoms with Crippen LogP contribution >= 0.6 is 27.3 Å². The number of halogens is 1. The number of carbonyl (C=O) groups is 1. The average molecular weight is 340 g/mol. The first-order valence-electron chi connectivity index (χ1n) is 5.88. The molecular weight excluding hydrogens is 326 g/mol. The van der Waals surface area contributed by atoms with Crippen LogP contribution in [0.15, 0.2) is 40.2 Å². The molecule has 0 bridgehead atoms.